The highest BCUT2D eigenvalue weighted by Gasteiger charge is 1.89. The van der Waals surface area contributed by atoms with Crippen LogP contribution in [0, 0.1) is 0 Å². The van der Waals surface area contributed by atoms with Crippen molar-refractivity contribution in [3.8, 4) is 0 Å². The largest absolute Gasteiger partial charge is 0.550 e. The molecule has 0 aromatic heterocycles. The summed E-state index contributed by atoms with van der Waals surface area (Å²) in [4.78, 5) is 29.3. The van der Waals surface area contributed by atoms with Crippen LogP contribution >= 0.6 is 0 Å². The van der Waals surface area contributed by atoms with Crippen LogP contribution in [0.2, 0.25) is 0 Å². The van der Waals surface area contributed by atoms with Gasteiger partial charge in [0.1, 0.15) is 0 Å². The molecule has 0 heterocycles. The summed E-state index contributed by atoms with van der Waals surface area (Å²) in [7, 11) is 10.3. The quantitative estimate of drug-likeness (QED) is 0.0517. The fourth-order valence-electron chi connectivity index (χ4n) is 3.20. The Balaban J connectivity index is -0.000000122. The Bertz CT molecular complexity index is 625. The summed E-state index contributed by atoms with van der Waals surface area (Å²) in [6, 6.07) is 0. The summed E-state index contributed by atoms with van der Waals surface area (Å²) in [5, 5.41) is 35.8. The predicted octanol–water partition coefficient (Wildman–Crippen LogP) is -2.36. The van der Waals surface area contributed by atoms with Crippen molar-refractivity contribution >= 4 is 17.9 Å². The molecule has 0 aliphatic rings. The number of hydrogen-bond acceptors (Lipinski definition) is 12. The number of aliphatic carboxylic acids is 3. The lowest BCUT2D eigenvalue weighted by atomic mass is 10.2. The van der Waals surface area contributed by atoms with Crippen LogP contribution in [-0.4, -0.2) is 139 Å². The maximum atomic E-state index is 9.85. The van der Waals surface area contributed by atoms with E-state index >= 15 is 0 Å². The van der Waals surface area contributed by atoms with E-state index in [1.807, 2.05) is 13.8 Å². The third-order valence-corrected chi connectivity index (χ3v) is 6.08. The second-order valence-electron chi connectivity index (χ2n) is 11.1. The molecule has 0 saturated heterocycles. The van der Waals surface area contributed by atoms with Gasteiger partial charge in [-0.05, 0) is 38.2 Å². The molecule has 15 heteroatoms. The number of nitrogens with two attached hydrogens (primary N) is 3. The molecule has 0 aliphatic heterocycles. The Hall–Kier alpha value is -2.21. The summed E-state index contributed by atoms with van der Waals surface area (Å²) in [6.07, 6.45) is 11.8. The first-order chi connectivity index (χ1) is 25.1. The minimum absolute atomic E-state index is 0.216. The SMILES string of the molecule is CCCC=CC(=O)[O-].CCCCCC(=O)[O-].CCCCCCC(=O)[O-].COCC[NH2+]CCOC.COCC[NH2+]CCOC.COCC[NH2+]CCOC. The lowest BCUT2D eigenvalue weighted by molar-refractivity contribution is -0.657. The number of carbonyl (C=O) groups is 3. The predicted molar refractivity (Wildman–Crippen MR) is 198 cm³/mol. The van der Waals surface area contributed by atoms with Gasteiger partial charge in [0.05, 0.1) is 84.9 Å². The van der Waals surface area contributed by atoms with Crippen LogP contribution in [-0.2, 0) is 42.8 Å². The van der Waals surface area contributed by atoms with Gasteiger partial charge in [0, 0.05) is 54.6 Å². The molecule has 0 rings (SSSR count). The van der Waals surface area contributed by atoms with Gasteiger partial charge in [0.2, 0.25) is 0 Å². The van der Waals surface area contributed by atoms with E-state index in [-0.39, 0.29) is 12.8 Å². The van der Waals surface area contributed by atoms with E-state index in [1.54, 1.807) is 48.7 Å². The van der Waals surface area contributed by atoms with Crippen LogP contribution < -0.4 is 31.3 Å². The van der Waals surface area contributed by atoms with Crippen molar-refractivity contribution in [1.82, 2.24) is 0 Å². The van der Waals surface area contributed by atoms with Crippen molar-refractivity contribution in [3.05, 3.63) is 12.2 Å². The molecule has 6 N–H and O–H groups in total. The van der Waals surface area contributed by atoms with Gasteiger partial charge in [-0.25, -0.2) is 0 Å². The molecule has 15 nitrogen and oxygen atoms in total. The molecule has 0 bridgehead atoms. The molecule has 0 aromatic carbocycles. The maximum Gasteiger partial charge on any atom is 0.0993 e. The van der Waals surface area contributed by atoms with E-state index in [2.05, 4.69) is 22.9 Å². The highest BCUT2D eigenvalue weighted by Crippen LogP contribution is 2.00. The first-order valence-corrected chi connectivity index (χ1v) is 18.7. The zero-order valence-electron chi connectivity index (χ0n) is 34.5. The monoisotopic (exact) mass is 760 g/mol. The van der Waals surface area contributed by atoms with Crippen LogP contribution in [0.1, 0.15) is 91.4 Å². The molecule has 0 aliphatic carbocycles. The van der Waals surface area contributed by atoms with Gasteiger partial charge in [-0.2, -0.15) is 0 Å². The number of hydrogen-bond donors (Lipinski definition) is 3. The molecule has 0 radical (unpaired) electrons. The second kappa shape index (κ2) is 67.0. The lowest BCUT2D eigenvalue weighted by Crippen LogP contribution is -2.86. The van der Waals surface area contributed by atoms with E-state index in [1.165, 1.54) is 0 Å². The molecule has 316 valence electrons. The molecular formula is C37H81N3O12. The van der Waals surface area contributed by atoms with Crippen LogP contribution in [0.15, 0.2) is 12.2 Å². The van der Waals surface area contributed by atoms with E-state index in [0.717, 1.165) is 143 Å². The highest BCUT2D eigenvalue weighted by molar-refractivity contribution is 5.77. The number of methoxy groups -OCH3 is 6. The molecule has 0 atom stereocenters. The first-order valence-electron chi connectivity index (χ1n) is 18.7. The fourth-order valence-corrected chi connectivity index (χ4v) is 3.20. The lowest BCUT2D eigenvalue weighted by Gasteiger charge is -1.99. The summed E-state index contributed by atoms with van der Waals surface area (Å²) in [5.74, 6) is -2.97. The number of carbonyl (C=O) groups excluding carboxylic acids is 3. The molecule has 0 saturated carbocycles. The highest BCUT2D eigenvalue weighted by atomic mass is 16.5. The maximum absolute atomic E-state index is 9.85. The van der Waals surface area contributed by atoms with E-state index < -0.39 is 17.9 Å². The van der Waals surface area contributed by atoms with Gasteiger partial charge in [-0.1, -0.05) is 65.4 Å². The molecule has 0 fully saturated rings. The van der Waals surface area contributed by atoms with Gasteiger partial charge in [-0.15, -0.1) is 0 Å². The summed E-state index contributed by atoms with van der Waals surface area (Å²) < 4.78 is 29.1. The number of rotatable bonds is 30. The Morgan fingerprint density at radius 3 is 0.981 bits per heavy atom. The number of allylic oxidation sites excluding steroid dienone is 1. The average Bonchev–Trinajstić information content (AvgIpc) is 3.11. The molecule has 0 amide bonds. The minimum atomic E-state index is -1.11. The van der Waals surface area contributed by atoms with Crippen LogP contribution in [0.4, 0.5) is 0 Å². The minimum Gasteiger partial charge on any atom is -0.550 e. The zero-order valence-corrected chi connectivity index (χ0v) is 34.5. The normalized spacial score (nSPS) is 9.79. The van der Waals surface area contributed by atoms with Crippen LogP contribution in [0.5, 0.6) is 0 Å². The van der Waals surface area contributed by atoms with E-state index in [4.69, 9.17) is 28.4 Å². The van der Waals surface area contributed by atoms with Crippen molar-refractivity contribution < 1.29 is 74.1 Å². The summed E-state index contributed by atoms with van der Waals surface area (Å²) in [5.41, 5.74) is 0. The second-order valence-corrected chi connectivity index (χ2v) is 11.1. The van der Waals surface area contributed by atoms with Crippen LogP contribution in [0.25, 0.3) is 0 Å². The Labute approximate surface area is 316 Å². The smallest absolute Gasteiger partial charge is 0.0993 e. The molecule has 0 spiro atoms. The first kappa shape index (κ1) is 61.8. The topological polar surface area (TPSA) is 226 Å². The van der Waals surface area contributed by atoms with E-state index in [0.29, 0.717) is 0 Å². The van der Waals surface area contributed by atoms with Gasteiger partial charge < -0.3 is 74.1 Å². The van der Waals surface area contributed by atoms with Crippen molar-refractivity contribution in [2.45, 2.75) is 91.4 Å². The Morgan fingerprint density at radius 2 is 0.750 bits per heavy atom. The molecule has 52 heavy (non-hydrogen) atoms. The molecular weight excluding hydrogens is 678 g/mol. The number of quaternary nitrogens is 3. The van der Waals surface area contributed by atoms with Gasteiger partial charge in [0.25, 0.3) is 0 Å². The third-order valence-electron chi connectivity index (χ3n) is 6.08. The molecule has 0 unspecified atom stereocenters. The number of carboxylic acid groups (broad SMARTS) is 3. The van der Waals surface area contributed by atoms with Gasteiger partial charge in [0.15, 0.2) is 0 Å². The zero-order chi connectivity index (χ0) is 40.8. The average molecular weight is 760 g/mol. The molecule has 0 aromatic rings. The van der Waals surface area contributed by atoms with E-state index in [9.17, 15) is 29.7 Å². The van der Waals surface area contributed by atoms with Gasteiger partial charge >= 0.3 is 0 Å². The summed E-state index contributed by atoms with van der Waals surface area (Å²) in [6.45, 7) is 17.2. The standard InChI is InChI=1S/C7H14O2.3C6H15NO2.C6H12O2.C6H10O2/c1-2-3-4-5-6-7(8)9;3*1-8-5-3-7-4-6-9-2;2*1-2-3-4-5-6(7)8/h2-6H2,1H3,(H,8,9);3*7H,3-6H2,1-2H3;2-5H2,1H3,(H,7,8);4-5H,2-3H2,1H3,(H,7,8). The Morgan fingerprint density at radius 1 is 0.462 bits per heavy atom. The van der Waals surface area contributed by atoms with Crippen molar-refractivity contribution in [1.29, 1.82) is 0 Å². The van der Waals surface area contributed by atoms with Crippen molar-refractivity contribution in [2.75, 3.05) is 122 Å². The van der Waals surface area contributed by atoms with Crippen LogP contribution in [0.3, 0.4) is 0 Å². The fraction of sp³-hybridized carbons (Fsp3) is 0.865. The van der Waals surface area contributed by atoms with Crippen molar-refractivity contribution in [2.24, 2.45) is 0 Å². The number of unbranched alkanes of at least 4 members (excludes halogenated alkanes) is 6. The number of carboxylic acids is 3. The number of ether oxygens (including phenoxy) is 6. The van der Waals surface area contributed by atoms with Crippen molar-refractivity contribution in [3.63, 3.8) is 0 Å². The third kappa shape index (κ3) is 104. The summed E-state index contributed by atoms with van der Waals surface area (Å²) >= 11 is 0. The van der Waals surface area contributed by atoms with Gasteiger partial charge in [-0.3, -0.25) is 0 Å². The Kier molecular flexibility index (Phi) is 79.6.